The number of rotatable bonds is 3. The zero-order chi connectivity index (χ0) is 12.3. The molecule has 0 aromatic heterocycles. The number of nitrogens with two attached hydrogens (primary N) is 1. The SMILES string of the molecule is CCc1ccc(-c2ccc(N)cc2CC)cc1. The average molecular weight is 225 g/mol. The molecule has 2 rings (SSSR count). The maximum Gasteiger partial charge on any atom is 0.0317 e. The van der Waals surface area contributed by atoms with Gasteiger partial charge in [0, 0.05) is 5.69 Å². The summed E-state index contributed by atoms with van der Waals surface area (Å²) in [7, 11) is 0. The summed E-state index contributed by atoms with van der Waals surface area (Å²) in [6, 6.07) is 15.0. The highest BCUT2D eigenvalue weighted by molar-refractivity contribution is 5.70. The summed E-state index contributed by atoms with van der Waals surface area (Å²) in [5, 5.41) is 0. The Hall–Kier alpha value is -1.76. The first-order chi connectivity index (χ1) is 8.24. The Morgan fingerprint density at radius 2 is 1.59 bits per heavy atom. The van der Waals surface area contributed by atoms with Crippen molar-refractivity contribution in [3.05, 3.63) is 53.6 Å². The molecule has 0 saturated heterocycles. The molecule has 0 aliphatic carbocycles. The predicted octanol–water partition coefficient (Wildman–Crippen LogP) is 4.06. The summed E-state index contributed by atoms with van der Waals surface area (Å²) in [6.45, 7) is 4.34. The van der Waals surface area contributed by atoms with Crippen molar-refractivity contribution in [1.82, 2.24) is 0 Å². The first-order valence-corrected chi connectivity index (χ1v) is 6.22. The smallest absolute Gasteiger partial charge is 0.0317 e. The maximum atomic E-state index is 5.83. The highest BCUT2D eigenvalue weighted by Gasteiger charge is 2.04. The second-order valence-corrected chi connectivity index (χ2v) is 4.32. The average Bonchev–Trinajstić information content (AvgIpc) is 2.39. The van der Waals surface area contributed by atoms with Gasteiger partial charge in [-0.2, -0.15) is 0 Å². The second kappa shape index (κ2) is 5.05. The van der Waals surface area contributed by atoms with Gasteiger partial charge in [0.05, 0.1) is 0 Å². The Bertz CT molecular complexity index is 497. The molecule has 0 heterocycles. The highest BCUT2D eigenvalue weighted by atomic mass is 14.5. The van der Waals surface area contributed by atoms with Gasteiger partial charge < -0.3 is 5.73 Å². The Morgan fingerprint density at radius 1 is 0.882 bits per heavy atom. The van der Waals surface area contributed by atoms with E-state index < -0.39 is 0 Å². The van der Waals surface area contributed by atoms with E-state index in [1.165, 1.54) is 22.3 Å². The molecule has 0 unspecified atom stereocenters. The Labute approximate surface area is 103 Å². The van der Waals surface area contributed by atoms with Crippen LogP contribution in [-0.4, -0.2) is 0 Å². The van der Waals surface area contributed by atoms with E-state index in [1.807, 2.05) is 6.07 Å². The highest BCUT2D eigenvalue weighted by Crippen LogP contribution is 2.26. The zero-order valence-corrected chi connectivity index (χ0v) is 10.5. The number of hydrogen-bond acceptors (Lipinski definition) is 1. The van der Waals surface area contributed by atoms with Crippen LogP contribution in [0.3, 0.4) is 0 Å². The monoisotopic (exact) mass is 225 g/mol. The third kappa shape index (κ3) is 2.50. The van der Waals surface area contributed by atoms with Crippen molar-refractivity contribution in [3.63, 3.8) is 0 Å². The molecule has 0 amide bonds. The number of benzene rings is 2. The molecule has 0 radical (unpaired) electrons. The lowest BCUT2D eigenvalue weighted by molar-refractivity contribution is 1.13. The predicted molar refractivity (Wildman–Crippen MR) is 75.0 cm³/mol. The summed E-state index contributed by atoms with van der Waals surface area (Å²) in [6.07, 6.45) is 2.10. The summed E-state index contributed by atoms with van der Waals surface area (Å²) in [5.74, 6) is 0. The van der Waals surface area contributed by atoms with Gasteiger partial charge in [0.2, 0.25) is 0 Å². The Kier molecular flexibility index (Phi) is 3.48. The molecular weight excluding hydrogens is 206 g/mol. The van der Waals surface area contributed by atoms with Gasteiger partial charge in [-0.05, 0) is 47.2 Å². The van der Waals surface area contributed by atoms with Crippen LogP contribution in [0, 0.1) is 0 Å². The first kappa shape index (κ1) is 11.7. The van der Waals surface area contributed by atoms with E-state index in [0.717, 1.165) is 18.5 Å². The number of nitrogen functional groups attached to an aromatic ring is 1. The van der Waals surface area contributed by atoms with Crippen LogP contribution >= 0.6 is 0 Å². The molecule has 0 aliphatic rings. The van der Waals surface area contributed by atoms with Crippen molar-refractivity contribution in [3.8, 4) is 11.1 Å². The lowest BCUT2D eigenvalue weighted by Crippen LogP contribution is -1.92. The van der Waals surface area contributed by atoms with Crippen LogP contribution in [-0.2, 0) is 12.8 Å². The molecule has 0 saturated carbocycles. The molecule has 2 N–H and O–H groups in total. The van der Waals surface area contributed by atoms with E-state index in [1.54, 1.807) is 0 Å². The van der Waals surface area contributed by atoms with Crippen molar-refractivity contribution in [2.75, 3.05) is 5.73 Å². The summed E-state index contributed by atoms with van der Waals surface area (Å²) in [5.41, 5.74) is 11.9. The molecule has 1 nitrogen and oxygen atoms in total. The molecule has 88 valence electrons. The number of anilines is 1. The van der Waals surface area contributed by atoms with Crippen LogP contribution in [0.5, 0.6) is 0 Å². The van der Waals surface area contributed by atoms with Crippen molar-refractivity contribution in [2.45, 2.75) is 26.7 Å². The fourth-order valence-corrected chi connectivity index (χ4v) is 2.11. The lowest BCUT2D eigenvalue weighted by atomic mass is 9.96. The third-order valence-electron chi connectivity index (χ3n) is 3.18. The standard InChI is InChI=1S/C16H19N/c1-3-12-5-7-14(8-6-12)16-10-9-15(17)11-13(16)4-2/h5-11H,3-4,17H2,1-2H3. The largest absolute Gasteiger partial charge is 0.399 e. The van der Waals surface area contributed by atoms with Crippen molar-refractivity contribution in [1.29, 1.82) is 0 Å². The van der Waals surface area contributed by atoms with Gasteiger partial charge in [-0.25, -0.2) is 0 Å². The quantitative estimate of drug-likeness (QED) is 0.783. The topological polar surface area (TPSA) is 26.0 Å². The fraction of sp³-hybridized carbons (Fsp3) is 0.250. The second-order valence-electron chi connectivity index (χ2n) is 4.32. The molecule has 0 aliphatic heterocycles. The molecule has 0 bridgehead atoms. The summed E-state index contributed by atoms with van der Waals surface area (Å²) >= 11 is 0. The van der Waals surface area contributed by atoms with Gasteiger partial charge in [0.15, 0.2) is 0 Å². The number of hydrogen-bond donors (Lipinski definition) is 1. The Morgan fingerprint density at radius 3 is 2.18 bits per heavy atom. The van der Waals surface area contributed by atoms with Gasteiger partial charge in [0.25, 0.3) is 0 Å². The van der Waals surface area contributed by atoms with Gasteiger partial charge in [-0.3, -0.25) is 0 Å². The minimum Gasteiger partial charge on any atom is -0.399 e. The third-order valence-corrected chi connectivity index (χ3v) is 3.18. The van der Waals surface area contributed by atoms with Crippen LogP contribution in [0.15, 0.2) is 42.5 Å². The normalized spacial score (nSPS) is 10.5. The van der Waals surface area contributed by atoms with Crippen molar-refractivity contribution < 1.29 is 0 Å². The summed E-state index contributed by atoms with van der Waals surface area (Å²) < 4.78 is 0. The Balaban J connectivity index is 2.44. The van der Waals surface area contributed by atoms with Gasteiger partial charge in [-0.1, -0.05) is 44.2 Å². The van der Waals surface area contributed by atoms with Crippen LogP contribution in [0.2, 0.25) is 0 Å². The van der Waals surface area contributed by atoms with Crippen molar-refractivity contribution in [2.24, 2.45) is 0 Å². The van der Waals surface area contributed by atoms with E-state index >= 15 is 0 Å². The molecule has 0 fully saturated rings. The lowest BCUT2D eigenvalue weighted by Gasteiger charge is -2.09. The molecular formula is C16H19N. The van der Waals surface area contributed by atoms with E-state index in [0.29, 0.717) is 0 Å². The van der Waals surface area contributed by atoms with E-state index in [9.17, 15) is 0 Å². The van der Waals surface area contributed by atoms with Crippen LogP contribution in [0.1, 0.15) is 25.0 Å². The molecule has 2 aromatic carbocycles. The van der Waals surface area contributed by atoms with Crippen LogP contribution in [0.25, 0.3) is 11.1 Å². The van der Waals surface area contributed by atoms with Gasteiger partial charge >= 0.3 is 0 Å². The van der Waals surface area contributed by atoms with E-state index in [-0.39, 0.29) is 0 Å². The van der Waals surface area contributed by atoms with E-state index in [4.69, 9.17) is 5.73 Å². The fourth-order valence-electron chi connectivity index (χ4n) is 2.11. The van der Waals surface area contributed by atoms with Gasteiger partial charge in [-0.15, -0.1) is 0 Å². The molecule has 0 spiro atoms. The molecule has 2 aromatic rings. The zero-order valence-electron chi connectivity index (χ0n) is 10.5. The first-order valence-electron chi connectivity index (χ1n) is 6.22. The number of aryl methyl sites for hydroxylation is 2. The molecule has 1 heteroatoms. The van der Waals surface area contributed by atoms with Crippen molar-refractivity contribution >= 4 is 5.69 Å². The van der Waals surface area contributed by atoms with E-state index in [2.05, 4.69) is 50.2 Å². The maximum absolute atomic E-state index is 5.83. The minimum absolute atomic E-state index is 0.843. The molecule has 17 heavy (non-hydrogen) atoms. The van der Waals surface area contributed by atoms with Crippen LogP contribution < -0.4 is 5.73 Å². The van der Waals surface area contributed by atoms with Gasteiger partial charge in [0.1, 0.15) is 0 Å². The summed E-state index contributed by atoms with van der Waals surface area (Å²) in [4.78, 5) is 0. The van der Waals surface area contributed by atoms with Crippen LogP contribution in [0.4, 0.5) is 5.69 Å². The molecule has 0 atom stereocenters. The minimum atomic E-state index is 0.843.